The van der Waals surface area contributed by atoms with Gasteiger partial charge in [0.25, 0.3) is 0 Å². The Morgan fingerprint density at radius 1 is 1.12 bits per heavy atom. The molecule has 2 fully saturated rings. The fourth-order valence-corrected chi connectivity index (χ4v) is 4.38. The van der Waals surface area contributed by atoms with Crippen LogP contribution < -0.4 is 11.1 Å². The number of hydrogen-bond acceptors (Lipinski definition) is 4. The predicted octanol–water partition coefficient (Wildman–Crippen LogP) is 4.33. The number of rotatable bonds is 5. The molecular formula is C21H34FN3O. The van der Waals surface area contributed by atoms with Crippen molar-refractivity contribution in [3.8, 4) is 0 Å². The first-order valence-corrected chi connectivity index (χ1v) is 10.1. The molecule has 0 spiro atoms. The Bertz CT molecular complexity index is 591. The van der Waals surface area contributed by atoms with Crippen molar-refractivity contribution >= 4 is 11.4 Å². The number of ether oxygens (including phenoxy) is 1. The quantitative estimate of drug-likeness (QED) is 0.765. The Hall–Kier alpha value is -1.33. The zero-order valence-electron chi connectivity index (χ0n) is 16.4. The molecule has 0 radical (unpaired) electrons. The van der Waals surface area contributed by atoms with E-state index in [4.69, 9.17) is 10.5 Å². The van der Waals surface area contributed by atoms with Gasteiger partial charge in [0.15, 0.2) is 0 Å². The summed E-state index contributed by atoms with van der Waals surface area (Å²) in [6.45, 7) is 8.27. The van der Waals surface area contributed by atoms with E-state index < -0.39 is 0 Å². The molecule has 1 aromatic carbocycles. The molecule has 0 atom stereocenters. The first-order valence-electron chi connectivity index (χ1n) is 10.1. The van der Waals surface area contributed by atoms with Crippen LogP contribution in [0.2, 0.25) is 0 Å². The van der Waals surface area contributed by atoms with Crippen LogP contribution in [0.4, 0.5) is 15.8 Å². The van der Waals surface area contributed by atoms with Gasteiger partial charge < -0.3 is 20.7 Å². The Morgan fingerprint density at radius 3 is 2.38 bits per heavy atom. The van der Waals surface area contributed by atoms with Crippen LogP contribution in [-0.2, 0) is 4.74 Å². The van der Waals surface area contributed by atoms with E-state index in [2.05, 4.69) is 24.1 Å². The third-order valence-corrected chi connectivity index (χ3v) is 5.84. The minimum Gasteiger partial charge on any atom is -0.397 e. The van der Waals surface area contributed by atoms with Crippen molar-refractivity contribution in [1.29, 1.82) is 0 Å². The van der Waals surface area contributed by atoms with Crippen molar-refractivity contribution in [3.63, 3.8) is 0 Å². The maximum absolute atomic E-state index is 13.6. The molecule has 3 N–H and O–H groups in total. The molecule has 0 amide bonds. The molecule has 1 saturated heterocycles. The lowest BCUT2D eigenvalue weighted by Crippen LogP contribution is -2.46. The molecule has 1 aliphatic carbocycles. The molecule has 1 saturated carbocycles. The van der Waals surface area contributed by atoms with E-state index in [9.17, 15) is 4.39 Å². The van der Waals surface area contributed by atoms with E-state index in [1.165, 1.54) is 31.7 Å². The Morgan fingerprint density at radius 2 is 1.77 bits per heavy atom. The van der Waals surface area contributed by atoms with Crippen molar-refractivity contribution in [2.45, 2.75) is 83.6 Å². The van der Waals surface area contributed by atoms with Gasteiger partial charge in [-0.05, 0) is 77.0 Å². The molecule has 1 aliphatic heterocycles. The van der Waals surface area contributed by atoms with Gasteiger partial charge in [0.1, 0.15) is 5.82 Å². The van der Waals surface area contributed by atoms with E-state index in [1.54, 1.807) is 6.92 Å². The average Bonchev–Trinajstić information content (AvgIpc) is 2.60. The lowest BCUT2D eigenvalue weighted by atomic mass is 9.90. The number of aryl methyl sites for hydroxylation is 1. The molecule has 0 unspecified atom stereocenters. The lowest BCUT2D eigenvalue weighted by Gasteiger charge is -2.41. The van der Waals surface area contributed by atoms with Crippen molar-refractivity contribution < 1.29 is 9.13 Å². The van der Waals surface area contributed by atoms with Crippen LogP contribution in [-0.4, -0.2) is 42.3 Å². The fraction of sp³-hybridized carbons (Fsp3) is 0.714. The zero-order valence-corrected chi connectivity index (χ0v) is 16.4. The monoisotopic (exact) mass is 363 g/mol. The Labute approximate surface area is 157 Å². The first-order chi connectivity index (χ1) is 12.4. The van der Waals surface area contributed by atoms with Crippen molar-refractivity contribution in [2.75, 3.05) is 24.1 Å². The summed E-state index contributed by atoms with van der Waals surface area (Å²) >= 11 is 0. The fourth-order valence-electron chi connectivity index (χ4n) is 4.38. The number of halogens is 1. The molecule has 1 aromatic rings. The highest BCUT2D eigenvalue weighted by atomic mass is 19.1. The number of nitrogens with zero attached hydrogens (tertiary/aromatic N) is 1. The summed E-state index contributed by atoms with van der Waals surface area (Å²) in [6, 6.07) is 4.37. The molecule has 0 bridgehead atoms. The highest BCUT2D eigenvalue weighted by Crippen LogP contribution is 2.30. The molecule has 146 valence electrons. The topological polar surface area (TPSA) is 50.5 Å². The van der Waals surface area contributed by atoms with Crippen molar-refractivity contribution in [2.24, 2.45) is 0 Å². The van der Waals surface area contributed by atoms with E-state index in [0.29, 0.717) is 35.5 Å². The van der Waals surface area contributed by atoms with Crippen LogP contribution in [0.15, 0.2) is 12.1 Å². The van der Waals surface area contributed by atoms with Crippen molar-refractivity contribution in [3.05, 3.63) is 23.5 Å². The number of hydrogen-bond donors (Lipinski definition) is 2. The third-order valence-electron chi connectivity index (χ3n) is 5.84. The summed E-state index contributed by atoms with van der Waals surface area (Å²) in [5.41, 5.74) is 7.98. The minimum atomic E-state index is -0.236. The van der Waals surface area contributed by atoms with E-state index >= 15 is 0 Å². The van der Waals surface area contributed by atoms with Gasteiger partial charge in [-0.25, -0.2) is 4.39 Å². The molecular weight excluding hydrogens is 329 g/mol. The van der Waals surface area contributed by atoms with Crippen LogP contribution in [0.1, 0.15) is 57.9 Å². The summed E-state index contributed by atoms with van der Waals surface area (Å²) in [5, 5.41) is 3.53. The van der Waals surface area contributed by atoms with Gasteiger partial charge in [-0.2, -0.15) is 0 Å². The second-order valence-corrected chi connectivity index (χ2v) is 8.26. The maximum Gasteiger partial charge on any atom is 0.128 e. The summed E-state index contributed by atoms with van der Waals surface area (Å²) in [6.07, 6.45) is 7.88. The molecule has 1 heterocycles. The van der Waals surface area contributed by atoms with Gasteiger partial charge in [-0.1, -0.05) is 0 Å². The highest BCUT2D eigenvalue weighted by Gasteiger charge is 2.29. The Kier molecular flexibility index (Phi) is 6.41. The number of nitrogens with two attached hydrogens (primary N) is 1. The smallest absolute Gasteiger partial charge is 0.128 e. The van der Waals surface area contributed by atoms with E-state index in [1.807, 2.05) is 6.07 Å². The predicted molar refractivity (Wildman–Crippen MR) is 106 cm³/mol. The van der Waals surface area contributed by atoms with Gasteiger partial charge in [0.05, 0.1) is 23.6 Å². The summed E-state index contributed by atoms with van der Waals surface area (Å²) in [4.78, 5) is 2.66. The summed E-state index contributed by atoms with van der Waals surface area (Å²) < 4.78 is 19.5. The largest absolute Gasteiger partial charge is 0.397 e. The lowest BCUT2D eigenvalue weighted by molar-refractivity contribution is -0.0280. The Balaban J connectivity index is 1.46. The van der Waals surface area contributed by atoms with Crippen LogP contribution >= 0.6 is 0 Å². The van der Waals surface area contributed by atoms with Gasteiger partial charge >= 0.3 is 0 Å². The number of benzene rings is 1. The van der Waals surface area contributed by atoms with Crippen LogP contribution in [0.5, 0.6) is 0 Å². The highest BCUT2D eigenvalue weighted by molar-refractivity contribution is 5.67. The molecule has 26 heavy (non-hydrogen) atoms. The summed E-state index contributed by atoms with van der Waals surface area (Å²) in [5.74, 6) is -0.236. The number of anilines is 2. The second-order valence-electron chi connectivity index (χ2n) is 8.26. The van der Waals surface area contributed by atoms with E-state index in [0.717, 1.165) is 31.6 Å². The molecule has 5 heteroatoms. The van der Waals surface area contributed by atoms with Crippen molar-refractivity contribution in [1.82, 2.24) is 4.90 Å². The zero-order chi connectivity index (χ0) is 18.7. The third kappa shape index (κ3) is 4.89. The number of nitrogen functional groups attached to an aromatic ring is 1. The standard InChI is InChI=1S/C21H34FN3O/c1-14(2)26-18-6-4-17(5-7-18)25-10-8-16(9-11-25)24-21-12-15(3)19(22)13-20(21)23/h12-14,16-18,24H,4-11,23H2,1-3H3. The van der Waals surface area contributed by atoms with Gasteiger partial charge in [-0.15, -0.1) is 0 Å². The number of nitrogens with one attached hydrogen (secondary N) is 1. The van der Waals surface area contributed by atoms with Gasteiger partial charge in [0, 0.05) is 25.2 Å². The maximum atomic E-state index is 13.6. The van der Waals surface area contributed by atoms with Crippen LogP contribution in [0.3, 0.4) is 0 Å². The van der Waals surface area contributed by atoms with Crippen LogP contribution in [0.25, 0.3) is 0 Å². The van der Waals surface area contributed by atoms with Gasteiger partial charge in [-0.3, -0.25) is 0 Å². The minimum absolute atomic E-state index is 0.236. The first kappa shape index (κ1) is 19.4. The molecule has 3 rings (SSSR count). The number of likely N-dealkylation sites (tertiary alicyclic amines) is 1. The molecule has 4 nitrogen and oxygen atoms in total. The van der Waals surface area contributed by atoms with E-state index in [-0.39, 0.29) is 5.82 Å². The summed E-state index contributed by atoms with van der Waals surface area (Å²) in [7, 11) is 0. The second kappa shape index (κ2) is 8.57. The molecule has 2 aliphatic rings. The average molecular weight is 364 g/mol. The van der Waals surface area contributed by atoms with Crippen LogP contribution in [0, 0.1) is 12.7 Å². The normalized spacial score (nSPS) is 25.6. The molecule has 0 aromatic heterocycles. The SMILES string of the molecule is Cc1cc(NC2CCN(C3CCC(OC(C)C)CC3)CC2)c(N)cc1F. The number of piperidine rings is 1. The van der Waals surface area contributed by atoms with Gasteiger partial charge in [0.2, 0.25) is 0 Å².